The summed E-state index contributed by atoms with van der Waals surface area (Å²) in [6.07, 6.45) is 6.85. The number of hydrogen-bond donors (Lipinski definition) is 1. The molecule has 2 aliphatic rings. The second kappa shape index (κ2) is 7.13. The van der Waals surface area contributed by atoms with Gasteiger partial charge in [0, 0.05) is 23.5 Å². The molecule has 144 valence electrons. The van der Waals surface area contributed by atoms with E-state index in [0.717, 1.165) is 29.8 Å². The number of amides is 1. The van der Waals surface area contributed by atoms with Gasteiger partial charge in [-0.3, -0.25) is 4.79 Å². The first-order chi connectivity index (χ1) is 13.2. The quantitative estimate of drug-likeness (QED) is 0.871. The third-order valence-corrected chi connectivity index (χ3v) is 5.63. The van der Waals surface area contributed by atoms with Crippen molar-refractivity contribution in [2.24, 2.45) is 0 Å². The van der Waals surface area contributed by atoms with Gasteiger partial charge in [-0.25, -0.2) is 4.68 Å². The summed E-state index contributed by atoms with van der Waals surface area (Å²) in [6, 6.07) is 4.16. The van der Waals surface area contributed by atoms with Crippen LogP contribution in [0.2, 0.25) is 0 Å². The molecule has 1 aromatic carbocycles. The van der Waals surface area contributed by atoms with E-state index in [0.29, 0.717) is 29.7 Å². The first-order valence-electron chi connectivity index (χ1n) is 9.34. The van der Waals surface area contributed by atoms with Gasteiger partial charge in [-0.1, -0.05) is 18.9 Å². The maximum absolute atomic E-state index is 12.5. The second-order valence-corrected chi connectivity index (χ2v) is 7.06. The summed E-state index contributed by atoms with van der Waals surface area (Å²) in [5.41, 5.74) is 1.92. The minimum Gasteiger partial charge on any atom is -0.493 e. The second-order valence-electron chi connectivity index (χ2n) is 7.06. The van der Waals surface area contributed by atoms with Crippen molar-refractivity contribution in [3.8, 4) is 17.2 Å². The summed E-state index contributed by atoms with van der Waals surface area (Å²) in [7, 11) is 4.78. The van der Waals surface area contributed by atoms with Gasteiger partial charge in [0.05, 0.1) is 33.6 Å². The van der Waals surface area contributed by atoms with Gasteiger partial charge >= 0.3 is 0 Å². The molecule has 7 nitrogen and oxygen atoms in total. The lowest BCUT2D eigenvalue weighted by Gasteiger charge is -2.27. The van der Waals surface area contributed by atoms with E-state index in [1.807, 2.05) is 23.0 Å². The van der Waals surface area contributed by atoms with E-state index >= 15 is 0 Å². The molecule has 0 radical (unpaired) electrons. The van der Waals surface area contributed by atoms with Crippen molar-refractivity contribution >= 4 is 11.7 Å². The van der Waals surface area contributed by atoms with Gasteiger partial charge < -0.3 is 19.5 Å². The van der Waals surface area contributed by atoms with Crippen molar-refractivity contribution in [1.82, 2.24) is 9.78 Å². The van der Waals surface area contributed by atoms with Gasteiger partial charge in [0.2, 0.25) is 11.7 Å². The minimum absolute atomic E-state index is 0.0101. The van der Waals surface area contributed by atoms with Crippen molar-refractivity contribution in [3.63, 3.8) is 0 Å². The molecule has 1 N–H and O–H groups in total. The van der Waals surface area contributed by atoms with Crippen LogP contribution in [0.4, 0.5) is 5.82 Å². The SMILES string of the molecule is COc1ccc([C@@H]2CC(=O)Nc3c2cnn3C2CCCC2)c(OC)c1OC. The number of nitrogens with one attached hydrogen (secondary N) is 1. The zero-order valence-corrected chi connectivity index (χ0v) is 15.9. The molecule has 7 heteroatoms. The van der Waals surface area contributed by atoms with E-state index in [4.69, 9.17) is 14.2 Å². The van der Waals surface area contributed by atoms with Crippen molar-refractivity contribution in [2.75, 3.05) is 26.6 Å². The van der Waals surface area contributed by atoms with Crippen molar-refractivity contribution in [1.29, 1.82) is 0 Å². The van der Waals surface area contributed by atoms with Gasteiger partial charge in [0.15, 0.2) is 11.5 Å². The van der Waals surface area contributed by atoms with E-state index in [2.05, 4.69) is 10.4 Å². The summed E-state index contributed by atoms with van der Waals surface area (Å²) in [4.78, 5) is 12.5. The first-order valence-corrected chi connectivity index (χ1v) is 9.34. The van der Waals surface area contributed by atoms with E-state index in [1.165, 1.54) is 12.8 Å². The van der Waals surface area contributed by atoms with Crippen LogP contribution in [0.25, 0.3) is 0 Å². The van der Waals surface area contributed by atoms with Crippen molar-refractivity contribution in [3.05, 3.63) is 29.5 Å². The fourth-order valence-electron chi connectivity index (χ4n) is 4.34. The lowest BCUT2D eigenvalue weighted by Crippen LogP contribution is -2.26. The van der Waals surface area contributed by atoms with Gasteiger partial charge in [-0.2, -0.15) is 5.10 Å². The Morgan fingerprint density at radius 3 is 2.44 bits per heavy atom. The van der Waals surface area contributed by atoms with Crippen LogP contribution < -0.4 is 19.5 Å². The largest absolute Gasteiger partial charge is 0.493 e. The van der Waals surface area contributed by atoms with Crippen LogP contribution in [0.5, 0.6) is 17.2 Å². The monoisotopic (exact) mass is 371 g/mol. The van der Waals surface area contributed by atoms with Crippen LogP contribution in [-0.4, -0.2) is 37.0 Å². The van der Waals surface area contributed by atoms with Crippen LogP contribution >= 0.6 is 0 Å². The lowest BCUT2D eigenvalue weighted by molar-refractivity contribution is -0.116. The number of benzene rings is 1. The summed E-state index contributed by atoms with van der Waals surface area (Å²) in [5.74, 6) is 2.40. The molecule has 2 heterocycles. The van der Waals surface area contributed by atoms with Crippen LogP contribution in [0, 0.1) is 0 Å². The summed E-state index contributed by atoms with van der Waals surface area (Å²) in [5, 5.41) is 7.67. The van der Waals surface area contributed by atoms with Crippen molar-refractivity contribution < 1.29 is 19.0 Å². The molecule has 27 heavy (non-hydrogen) atoms. The highest BCUT2D eigenvalue weighted by Crippen LogP contribution is 2.48. The van der Waals surface area contributed by atoms with Gasteiger partial charge in [-0.15, -0.1) is 0 Å². The maximum atomic E-state index is 12.5. The molecular formula is C20H25N3O4. The number of carbonyl (C=O) groups excluding carboxylic acids is 1. The number of rotatable bonds is 5. The average Bonchev–Trinajstić information content (AvgIpc) is 3.35. The minimum atomic E-state index is -0.140. The molecular weight excluding hydrogens is 346 g/mol. The average molecular weight is 371 g/mol. The number of carbonyl (C=O) groups is 1. The Morgan fingerprint density at radius 2 is 1.78 bits per heavy atom. The third-order valence-electron chi connectivity index (χ3n) is 5.63. The number of ether oxygens (including phenoxy) is 3. The third kappa shape index (κ3) is 2.91. The fraction of sp³-hybridized carbons (Fsp3) is 0.500. The highest BCUT2D eigenvalue weighted by atomic mass is 16.5. The molecule has 1 amide bonds. The van der Waals surface area contributed by atoms with Crippen LogP contribution in [0.15, 0.2) is 18.3 Å². The Hall–Kier alpha value is -2.70. The molecule has 0 unspecified atom stereocenters. The molecule has 0 bridgehead atoms. The fourth-order valence-corrected chi connectivity index (χ4v) is 4.34. The molecule has 1 fully saturated rings. The topological polar surface area (TPSA) is 74.6 Å². The zero-order chi connectivity index (χ0) is 19.0. The van der Waals surface area contributed by atoms with E-state index in [-0.39, 0.29) is 11.8 Å². The highest BCUT2D eigenvalue weighted by Gasteiger charge is 2.35. The van der Waals surface area contributed by atoms with Gasteiger partial charge in [0.1, 0.15) is 5.82 Å². The Labute approximate surface area is 158 Å². The number of anilines is 1. The zero-order valence-electron chi connectivity index (χ0n) is 15.9. The van der Waals surface area contributed by atoms with E-state index in [9.17, 15) is 4.79 Å². The molecule has 2 aromatic rings. The van der Waals surface area contributed by atoms with Gasteiger partial charge in [0.25, 0.3) is 0 Å². The molecule has 1 aliphatic carbocycles. The number of hydrogen-bond acceptors (Lipinski definition) is 5. The molecule has 1 aromatic heterocycles. The Kier molecular flexibility index (Phi) is 4.68. The maximum Gasteiger partial charge on any atom is 0.226 e. The number of fused-ring (bicyclic) bond motifs is 1. The normalized spacial score (nSPS) is 19.5. The Bertz CT molecular complexity index is 855. The van der Waals surface area contributed by atoms with Crippen LogP contribution in [0.1, 0.15) is 55.2 Å². The number of methoxy groups -OCH3 is 3. The van der Waals surface area contributed by atoms with Gasteiger partial charge in [-0.05, 0) is 18.9 Å². The van der Waals surface area contributed by atoms with E-state index < -0.39 is 0 Å². The first kappa shape index (κ1) is 17.7. The smallest absolute Gasteiger partial charge is 0.226 e. The molecule has 1 atom stereocenters. The molecule has 0 saturated heterocycles. The summed E-state index contributed by atoms with van der Waals surface area (Å²) in [6.45, 7) is 0. The molecule has 1 aliphatic heterocycles. The Balaban J connectivity index is 1.81. The molecule has 1 saturated carbocycles. The van der Waals surface area contributed by atoms with E-state index in [1.54, 1.807) is 21.3 Å². The van der Waals surface area contributed by atoms with Crippen molar-refractivity contribution in [2.45, 2.75) is 44.1 Å². The lowest BCUT2D eigenvalue weighted by atomic mass is 9.86. The summed E-state index contributed by atoms with van der Waals surface area (Å²) < 4.78 is 18.6. The highest BCUT2D eigenvalue weighted by molar-refractivity contribution is 5.94. The standard InChI is InChI=1S/C20H25N3O4/c1-25-16-9-8-13(18(26-2)19(16)27-3)14-10-17(24)22-20-15(14)11-21-23(20)12-6-4-5-7-12/h8-9,11-12,14H,4-7,10H2,1-3H3,(H,22,24)/t14-/m0/s1. The number of aromatic nitrogens is 2. The predicted octanol–water partition coefficient (Wildman–Crippen LogP) is 3.50. The van der Waals surface area contributed by atoms with Crippen LogP contribution in [-0.2, 0) is 4.79 Å². The predicted molar refractivity (Wildman–Crippen MR) is 101 cm³/mol. The van der Waals surface area contributed by atoms with Crippen LogP contribution in [0.3, 0.4) is 0 Å². The number of nitrogens with zero attached hydrogens (tertiary/aromatic N) is 2. The molecule has 4 rings (SSSR count). The molecule has 0 spiro atoms. The Morgan fingerprint density at radius 1 is 1.04 bits per heavy atom. The summed E-state index contributed by atoms with van der Waals surface area (Å²) >= 11 is 0.